The second kappa shape index (κ2) is 6.68. The first-order valence-corrected chi connectivity index (χ1v) is 8.14. The number of carbonyl (C=O) groups excluding carboxylic acids is 1. The molecule has 4 aromatic rings. The number of carbonyl (C=O) groups is 1. The predicted molar refractivity (Wildman–Crippen MR) is 99.5 cm³/mol. The molecule has 0 unspecified atom stereocenters. The molecule has 128 valence electrons. The summed E-state index contributed by atoms with van der Waals surface area (Å²) in [5, 5.41) is 2.84. The molecule has 0 fully saturated rings. The Morgan fingerprint density at radius 3 is 2.65 bits per heavy atom. The number of nitrogens with zero attached hydrogens (tertiary/aromatic N) is 2. The summed E-state index contributed by atoms with van der Waals surface area (Å²) < 4.78 is 5.76. The smallest absolute Gasteiger partial charge is 0.291 e. The van der Waals surface area contributed by atoms with Gasteiger partial charge in [-0.2, -0.15) is 0 Å². The molecule has 6 nitrogen and oxygen atoms in total. The number of nitrogens with one attached hydrogen (secondary N) is 2. The Bertz CT molecular complexity index is 1070. The zero-order chi connectivity index (χ0) is 17.9. The number of hydrogen-bond acceptors (Lipinski definition) is 4. The lowest BCUT2D eigenvalue weighted by Crippen LogP contribution is -2.13. The number of anilines is 1. The molecule has 0 bridgehead atoms. The van der Waals surface area contributed by atoms with Gasteiger partial charge in [0.15, 0.2) is 5.82 Å². The van der Waals surface area contributed by atoms with E-state index in [1.165, 1.54) is 0 Å². The van der Waals surface area contributed by atoms with Crippen LogP contribution >= 0.6 is 0 Å². The quantitative estimate of drug-likeness (QED) is 0.578. The highest BCUT2D eigenvalue weighted by Crippen LogP contribution is 2.24. The highest BCUT2D eigenvalue weighted by molar-refractivity contribution is 6.03. The Morgan fingerprint density at radius 2 is 1.85 bits per heavy atom. The van der Waals surface area contributed by atoms with Crippen molar-refractivity contribution in [3.05, 3.63) is 78.4 Å². The van der Waals surface area contributed by atoms with Crippen molar-refractivity contribution in [1.82, 2.24) is 15.0 Å². The first-order chi connectivity index (χ1) is 12.7. The van der Waals surface area contributed by atoms with Gasteiger partial charge >= 0.3 is 0 Å². The molecule has 6 heteroatoms. The highest BCUT2D eigenvalue weighted by atomic mass is 16.5. The van der Waals surface area contributed by atoms with Crippen molar-refractivity contribution in [2.24, 2.45) is 0 Å². The molecule has 0 aliphatic rings. The largest absolute Gasteiger partial charge is 0.457 e. The number of hydrogen-bond donors (Lipinski definition) is 2. The van der Waals surface area contributed by atoms with Crippen LogP contribution in [0.3, 0.4) is 0 Å². The fraction of sp³-hybridized carbons (Fsp3) is 0.0500. The topological polar surface area (TPSA) is 79.9 Å². The van der Waals surface area contributed by atoms with E-state index in [0.29, 0.717) is 17.2 Å². The summed E-state index contributed by atoms with van der Waals surface area (Å²) in [6.07, 6.45) is 3.31. The molecular weight excluding hydrogens is 328 g/mol. The van der Waals surface area contributed by atoms with Crippen LogP contribution in [0.2, 0.25) is 0 Å². The minimum atomic E-state index is -0.304. The van der Waals surface area contributed by atoms with E-state index in [1.54, 1.807) is 36.7 Å². The van der Waals surface area contributed by atoms with Crippen LogP contribution in [0.25, 0.3) is 11.0 Å². The number of pyridine rings is 1. The molecule has 0 saturated heterocycles. The van der Waals surface area contributed by atoms with Crippen LogP contribution in [0.15, 0.2) is 67.0 Å². The minimum Gasteiger partial charge on any atom is -0.457 e. The van der Waals surface area contributed by atoms with E-state index in [4.69, 9.17) is 4.74 Å². The van der Waals surface area contributed by atoms with E-state index >= 15 is 0 Å². The zero-order valence-corrected chi connectivity index (χ0v) is 14.1. The van der Waals surface area contributed by atoms with Gasteiger partial charge < -0.3 is 15.0 Å². The summed E-state index contributed by atoms with van der Waals surface area (Å²) in [7, 11) is 0. The summed E-state index contributed by atoms with van der Waals surface area (Å²) >= 11 is 0. The van der Waals surface area contributed by atoms with E-state index in [9.17, 15) is 4.79 Å². The maximum absolute atomic E-state index is 12.5. The van der Waals surface area contributed by atoms with Gasteiger partial charge in [-0.05, 0) is 42.8 Å². The number of fused-ring (bicyclic) bond motifs is 1. The molecule has 2 aromatic carbocycles. The van der Waals surface area contributed by atoms with Crippen molar-refractivity contribution in [1.29, 1.82) is 0 Å². The number of imidazole rings is 1. The number of benzene rings is 2. The van der Waals surface area contributed by atoms with Crippen molar-refractivity contribution in [3.8, 4) is 11.5 Å². The summed E-state index contributed by atoms with van der Waals surface area (Å²) in [6, 6.07) is 16.5. The molecule has 0 radical (unpaired) electrons. The van der Waals surface area contributed by atoms with Crippen LogP contribution in [0.4, 0.5) is 5.69 Å². The molecule has 0 spiro atoms. The lowest BCUT2D eigenvalue weighted by molar-refractivity contribution is 0.101. The van der Waals surface area contributed by atoms with Crippen LogP contribution in [0, 0.1) is 6.92 Å². The van der Waals surface area contributed by atoms with E-state index < -0.39 is 0 Å². The summed E-state index contributed by atoms with van der Waals surface area (Å²) in [6.45, 7) is 1.96. The minimum absolute atomic E-state index is 0.273. The predicted octanol–water partition coefficient (Wildman–Crippen LogP) is 4.31. The molecule has 1 amide bonds. The van der Waals surface area contributed by atoms with Crippen LogP contribution in [0.5, 0.6) is 11.5 Å². The molecule has 0 saturated carbocycles. The van der Waals surface area contributed by atoms with E-state index in [-0.39, 0.29) is 11.7 Å². The second-order valence-corrected chi connectivity index (χ2v) is 5.82. The van der Waals surface area contributed by atoms with Gasteiger partial charge in [-0.15, -0.1) is 0 Å². The third kappa shape index (κ3) is 3.25. The fourth-order valence-corrected chi connectivity index (χ4v) is 2.65. The highest BCUT2D eigenvalue weighted by Gasteiger charge is 2.13. The molecule has 0 aliphatic heterocycles. The first-order valence-electron chi connectivity index (χ1n) is 8.14. The van der Waals surface area contributed by atoms with Gasteiger partial charge in [-0.25, -0.2) is 4.98 Å². The molecule has 2 N–H and O–H groups in total. The number of para-hydroxylation sites is 1. The monoisotopic (exact) mass is 344 g/mol. The Labute approximate surface area is 149 Å². The Kier molecular flexibility index (Phi) is 4.07. The number of aromatic amines is 1. The van der Waals surface area contributed by atoms with Crippen LogP contribution < -0.4 is 10.1 Å². The lowest BCUT2D eigenvalue weighted by Gasteiger charge is -2.08. The Balaban J connectivity index is 1.53. The normalized spacial score (nSPS) is 10.7. The number of aryl methyl sites for hydroxylation is 1. The van der Waals surface area contributed by atoms with Crippen LogP contribution in [0.1, 0.15) is 16.2 Å². The number of H-pyrrole nitrogens is 1. The molecule has 26 heavy (non-hydrogen) atoms. The van der Waals surface area contributed by atoms with Crippen molar-refractivity contribution < 1.29 is 9.53 Å². The van der Waals surface area contributed by atoms with Gasteiger partial charge in [0.2, 0.25) is 0 Å². The Morgan fingerprint density at radius 1 is 1.04 bits per heavy atom. The maximum atomic E-state index is 12.5. The third-order valence-corrected chi connectivity index (χ3v) is 3.91. The zero-order valence-electron chi connectivity index (χ0n) is 14.1. The summed E-state index contributed by atoms with van der Waals surface area (Å²) in [5.41, 5.74) is 3.28. The first kappa shape index (κ1) is 15.8. The molecule has 2 heterocycles. The summed E-state index contributed by atoms with van der Waals surface area (Å²) in [4.78, 5) is 23.9. The number of aromatic nitrogens is 3. The van der Waals surface area contributed by atoms with Crippen molar-refractivity contribution in [3.63, 3.8) is 0 Å². The second-order valence-electron chi connectivity index (χ2n) is 5.82. The third-order valence-electron chi connectivity index (χ3n) is 3.91. The van der Waals surface area contributed by atoms with Gasteiger partial charge in [-0.1, -0.05) is 18.2 Å². The lowest BCUT2D eigenvalue weighted by atomic mass is 10.2. The SMILES string of the molecule is Cc1cccc2[nH]c(C(=O)Nc3cccc(Oc4ccncc4)c3)nc12. The standard InChI is InChI=1S/C20H16N4O2/c1-13-4-2-7-17-18(13)24-19(23-17)20(25)22-14-5-3-6-16(12-14)26-15-8-10-21-11-9-15/h2-12H,1H3,(H,22,25)(H,23,24). The van der Waals surface area contributed by atoms with Crippen molar-refractivity contribution in [2.45, 2.75) is 6.92 Å². The van der Waals surface area contributed by atoms with Gasteiger partial charge in [0.1, 0.15) is 11.5 Å². The number of ether oxygens (including phenoxy) is 1. The molecule has 0 aliphatic carbocycles. The van der Waals surface area contributed by atoms with Crippen LogP contribution in [-0.4, -0.2) is 20.9 Å². The molecular formula is C20H16N4O2. The molecule has 0 atom stereocenters. The van der Waals surface area contributed by atoms with Crippen molar-refractivity contribution in [2.75, 3.05) is 5.32 Å². The van der Waals surface area contributed by atoms with Gasteiger partial charge in [0.05, 0.1) is 11.0 Å². The van der Waals surface area contributed by atoms with Gasteiger partial charge in [0, 0.05) is 24.1 Å². The maximum Gasteiger partial charge on any atom is 0.291 e. The van der Waals surface area contributed by atoms with Gasteiger partial charge in [0.25, 0.3) is 5.91 Å². The van der Waals surface area contributed by atoms with Crippen LogP contribution in [-0.2, 0) is 0 Å². The average Bonchev–Trinajstić information content (AvgIpc) is 3.09. The summed E-state index contributed by atoms with van der Waals surface area (Å²) in [5.74, 6) is 1.27. The average molecular weight is 344 g/mol. The van der Waals surface area contributed by atoms with E-state index in [1.807, 2.05) is 37.3 Å². The number of rotatable bonds is 4. The number of amides is 1. The fourth-order valence-electron chi connectivity index (χ4n) is 2.65. The van der Waals surface area contributed by atoms with Gasteiger partial charge in [-0.3, -0.25) is 9.78 Å². The van der Waals surface area contributed by atoms with E-state index in [2.05, 4.69) is 20.3 Å². The van der Waals surface area contributed by atoms with E-state index in [0.717, 1.165) is 16.6 Å². The Hall–Kier alpha value is -3.67. The molecule has 2 aromatic heterocycles. The van der Waals surface area contributed by atoms with Crippen molar-refractivity contribution >= 4 is 22.6 Å². The molecule has 4 rings (SSSR count).